The zero-order valence-corrected chi connectivity index (χ0v) is 20.5. The normalized spacial score (nSPS) is 16.9. The summed E-state index contributed by atoms with van der Waals surface area (Å²) in [4.78, 5) is 43.1. The van der Waals surface area contributed by atoms with Gasteiger partial charge >= 0.3 is 13.5 Å². The minimum Gasteiger partial charge on any atom is -0.480 e. The second-order valence-corrected chi connectivity index (χ2v) is 8.05. The Morgan fingerprint density at radius 2 is 1.52 bits per heavy atom. The van der Waals surface area contributed by atoms with E-state index in [1.165, 1.54) is 6.82 Å². The number of Topliss-reactive ketones (excluding diaryl/α,β-unsaturated/α-hetero) is 1. The van der Waals surface area contributed by atoms with Crippen molar-refractivity contribution in [1.29, 1.82) is 1.34 Å². The second kappa shape index (κ2) is 15.7. The summed E-state index contributed by atoms with van der Waals surface area (Å²) in [6.45, 7) is 13.1. The Hall–Kier alpha value is -2.08. The maximum atomic E-state index is 11.2. The largest absolute Gasteiger partial charge is 0.480 e. The molecule has 0 aromatic carbocycles. The van der Waals surface area contributed by atoms with Gasteiger partial charge in [0.15, 0.2) is 5.78 Å². The topological polar surface area (TPSA) is 137 Å². The van der Waals surface area contributed by atoms with Crippen LogP contribution in [0.5, 0.6) is 0 Å². The molecule has 0 saturated carbocycles. The number of carbonyl (C=O) groups is 4. The molecular weight excluding hydrogens is 413 g/mol. The van der Waals surface area contributed by atoms with Crippen molar-refractivity contribution in [3.8, 4) is 0 Å². The highest BCUT2D eigenvalue weighted by Crippen LogP contribution is 2.19. The molecule has 1 aliphatic heterocycles. The number of halogens is 2. The number of nitrogens with one attached hydrogen (secondary N) is 4. The molecule has 0 bridgehead atoms. The van der Waals surface area contributed by atoms with Crippen LogP contribution in [0.1, 0.15) is 49.9 Å². The Morgan fingerprint density at radius 3 is 1.58 bits per heavy atom. The number of hydrogen-bond donors (Lipinski definition) is 5. The molecule has 31 heavy (non-hydrogen) atoms. The summed E-state index contributed by atoms with van der Waals surface area (Å²) >= 11 is 0. The monoisotopic (exact) mass is 460 g/mol. The maximum absolute atomic E-state index is 11.2. The van der Waals surface area contributed by atoms with Gasteiger partial charge in [-0.15, -0.1) is 0 Å². The Kier molecular flexibility index (Phi) is 17.0. The van der Waals surface area contributed by atoms with E-state index in [0.717, 1.165) is 0 Å². The average molecular weight is 460 g/mol. The lowest BCUT2D eigenvalue weighted by atomic mass is 9.96. The number of likely N-dealkylation sites (N-methyl/N-ethyl adjacent to an activating group) is 3. The molecule has 1 saturated heterocycles. The summed E-state index contributed by atoms with van der Waals surface area (Å²) in [7, 11) is 3.59. The van der Waals surface area contributed by atoms with Crippen LogP contribution in [0.3, 0.4) is 0 Å². The predicted molar refractivity (Wildman–Crippen MR) is 123 cm³/mol. The van der Waals surface area contributed by atoms with Crippen molar-refractivity contribution >= 4 is 31.1 Å². The van der Waals surface area contributed by atoms with Crippen molar-refractivity contribution in [2.45, 2.75) is 71.9 Å². The molecule has 186 valence electrons. The first kappa shape index (κ1) is 33.6. The molecule has 2 amide bonds. The van der Waals surface area contributed by atoms with Gasteiger partial charge in [-0.05, 0) is 62.6 Å². The van der Waals surface area contributed by atoms with Crippen LogP contribution in [-0.2, 0) is 19.2 Å². The molecule has 5 N–H and O–H groups in total. The fourth-order valence-corrected chi connectivity index (χ4v) is 1.67. The van der Waals surface area contributed by atoms with Crippen LogP contribution >= 0.6 is 0 Å². The molecule has 1 atom stereocenters. The van der Waals surface area contributed by atoms with E-state index >= 15 is 0 Å². The van der Waals surface area contributed by atoms with Crippen molar-refractivity contribution < 1.29 is 34.7 Å². The summed E-state index contributed by atoms with van der Waals surface area (Å²) in [6.07, 6.45) is 0. The van der Waals surface area contributed by atoms with Crippen LogP contribution < -0.4 is 21.3 Å². The van der Waals surface area contributed by atoms with Crippen molar-refractivity contribution in [2.75, 3.05) is 21.1 Å². The van der Waals surface area contributed by atoms with E-state index in [4.69, 9.17) is 6.44 Å². The van der Waals surface area contributed by atoms with E-state index in [9.17, 15) is 23.5 Å². The van der Waals surface area contributed by atoms with Gasteiger partial charge in [-0.1, -0.05) is 6.82 Å². The van der Waals surface area contributed by atoms with Gasteiger partial charge in [-0.25, -0.2) is 0 Å². The SMILES string of the molecule is CC1C(=O)NC(C)(C)C1=O.CNC(=O)C(C)(C)NC.CNC(C)(C)C(=O)O.F.[3HH].[3H]B(C)F. The first-order chi connectivity index (χ1) is 13.7. The number of carboxylic acid groups (broad SMARTS) is 1. The number of hydrogen-bond acceptors (Lipinski definition) is 6. The zero-order chi connectivity index (χ0) is 25.8. The van der Waals surface area contributed by atoms with Crippen LogP contribution in [0.4, 0.5) is 9.02 Å². The standard InChI is InChI=1S/C7H11NO2.C6H14N2O.C5H11NO2.CH4BF.FH.H2/c1-4-5(9)7(2,3)8-6(4)10;1-6(2,8-4)5(9)7-3;1-5(2,6-3)4(7)8;1-2-3;;/h4H,1-3H3,(H,8,10);8H,1-4H3,(H,7,9);6H,1-3H3,(H,7,8);2H,1H3;2*1H/i;;;2T;;1+2. The third-order valence-electron chi connectivity index (χ3n) is 4.42. The van der Waals surface area contributed by atoms with Crippen molar-refractivity contribution in [3.05, 3.63) is 0 Å². The fraction of sp³-hybridized carbons (Fsp3) is 0.789. The lowest BCUT2D eigenvalue weighted by Gasteiger charge is -2.20. The van der Waals surface area contributed by atoms with Crippen LogP contribution in [0.2, 0.25) is 6.82 Å². The van der Waals surface area contributed by atoms with Crippen LogP contribution in [0.15, 0.2) is 0 Å². The highest BCUT2D eigenvalue weighted by molar-refractivity contribution is 6.23. The molecule has 1 heterocycles. The second-order valence-electron chi connectivity index (χ2n) is 8.05. The average Bonchev–Trinajstić information content (AvgIpc) is 2.82. The minimum atomic E-state index is -1.42. The Bertz CT molecular complexity index is 622. The molecule has 1 fully saturated rings. The molecule has 1 unspecified atom stereocenters. The maximum Gasteiger partial charge on any atom is 0.328 e. The highest BCUT2D eigenvalue weighted by atomic mass is 19.1. The van der Waals surface area contributed by atoms with Crippen molar-refractivity contribution in [2.24, 2.45) is 5.92 Å². The molecule has 1 rings (SSSR count). The quantitative estimate of drug-likeness (QED) is 0.307. The van der Waals surface area contributed by atoms with Gasteiger partial charge in [0, 0.05) is 9.81 Å². The molecular formula is C19H43BF2N4O5. The van der Waals surface area contributed by atoms with Gasteiger partial charge in [-0.3, -0.25) is 23.9 Å². The van der Waals surface area contributed by atoms with Crippen LogP contribution in [0.25, 0.3) is 0 Å². The summed E-state index contributed by atoms with van der Waals surface area (Å²) in [5, 5.41) is 19.1. The van der Waals surface area contributed by atoms with Crippen molar-refractivity contribution in [3.63, 3.8) is 0 Å². The lowest BCUT2D eigenvalue weighted by molar-refractivity contribution is -0.143. The summed E-state index contributed by atoms with van der Waals surface area (Å²) in [5.41, 5.74) is -1.88. The predicted octanol–water partition coefficient (Wildman–Crippen LogP) is 0.653. The molecule has 9 nitrogen and oxygen atoms in total. The molecule has 0 aliphatic carbocycles. The minimum absolute atomic E-state index is 0. The van der Waals surface area contributed by atoms with E-state index in [1.54, 1.807) is 55.8 Å². The third-order valence-corrected chi connectivity index (χ3v) is 4.42. The number of rotatable bonds is 4. The van der Waals surface area contributed by atoms with Gasteiger partial charge in [0.25, 0.3) is 0 Å². The van der Waals surface area contributed by atoms with E-state index in [1.807, 2.05) is 13.8 Å². The highest BCUT2D eigenvalue weighted by Gasteiger charge is 2.43. The van der Waals surface area contributed by atoms with E-state index < -0.39 is 36.0 Å². The van der Waals surface area contributed by atoms with Gasteiger partial charge in [0.1, 0.15) is 5.54 Å². The Balaban J connectivity index is -0.000000107. The van der Waals surface area contributed by atoms with Crippen LogP contribution in [-0.4, -0.2) is 75.3 Å². The molecule has 0 aromatic rings. The first-order valence-corrected chi connectivity index (χ1v) is 9.49. The molecule has 0 radical (unpaired) electrons. The number of ketones is 1. The molecule has 12 heteroatoms. The number of aliphatic carboxylic acids is 1. The Labute approximate surface area is 188 Å². The summed E-state index contributed by atoms with van der Waals surface area (Å²) in [5.74, 6) is -1.47. The first-order valence-electron chi connectivity index (χ1n) is 10.1. The fourth-order valence-electron chi connectivity index (χ4n) is 1.67. The number of carbonyl (C=O) groups excluding carboxylic acids is 3. The van der Waals surface area contributed by atoms with E-state index in [-0.39, 0.29) is 23.7 Å². The van der Waals surface area contributed by atoms with E-state index in [2.05, 4.69) is 21.3 Å². The molecule has 0 spiro atoms. The molecule has 1 aliphatic rings. The van der Waals surface area contributed by atoms with Gasteiger partial charge in [-0.2, -0.15) is 0 Å². The van der Waals surface area contributed by atoms with Gasteiger partial charge in [0.05, 0.1) is 17.0 Å². The van der Waals surface area contributed by atoms with Crippen molar-refractivity contribution in [1.82, 2.24) is 21.3 Å². The number of carboxylic acids is 1. The van der Waals surface area contributed by atoms with Crippen LogP contribution in [0, 0.1) is 5.92 Å². The molecule has 0 aromatic heterocycles. The summed E-state index contributed by atoms with van der Waals surface area (Å²) in [6, 6.07) is 0. The van der Waals surface area contributed by atoms with Gasteiger partial charge in [0.2, 0.25) is 11.8 Å². The Morgan fingerprint density at radius 1 is 1.16 bits per heavy atom. The summed E-state index contributed by atoms with van der Waals surface area (Å²) < 4.78 is 16.6. The third kappa shape index (κ3) is 13.8. The lowest BCUT2D eigenvalue weighted by Crippen LogP contribution is -2.49. The zero-order valence-electron chi connectivity index (χ0n) is 21.5. The van der Waals surface area contributed by atoms with E-state index in [0.29, 0.717) is 0 Å². The smallest absolute Gasteiger partial charge is 0.328 e. The number of amides is 2. The van der Waals surface area contributed by atoms with Gasteiger partial charge < -0.3 is 30.7 Å².